The number of ether oxygens (including phenoxy) is 1. The van der Waals surface area contributed by atoms with Crippen LogP contribution in [0, 0.1) is 13.8 Å². The van der Waals surface area contributed by atoms with Gasteiger partial charge in [0.2, 0.25) is 0 Å². The summed E-state index contributed by atoms with van der Waals surface area (Å²) in [6.45, 7) is 11.5. The molecule has 0 atom stereocenters. The van der Waals surface area contributed by atoms with Gasteiger partial charge in [0.25, 0.3) is 0 Å². The first-order valence-corrected chi connectivity index (χ1v) is 14.0. The van der Waals surface area contributed by atoms with Gasteiger partial charge in [0.1, 0.15) is 10.7 Å². The Balaban J connectivity index is 0.000000648. The summed E-state index contributed by atoms with van der Waals surface area (Å²) in [5.74, 6) is -0.237. The van der Waals surface area contributed by atoms with Crippen molar-refractivity contribution in [1.29, 1.82) is 0 Å². The van der Waals surface area contributed by atoms with Crippen LogP contribution >= 0.6 is 22.9 Å². The van der Waals surface area contributed by atoms with Crippen LogP contribution in [0.15, 0.2) is 48.7 Å². The Hall–Kier alpha value is -3.26. The van der Waals surface area contributed by atoms with Crippen LogP contribution in [0.4, 0.5) is 0 Å². The van der Waals surface area contributed by atoms with Gasteiger partial charge in [-0.2, -0.15) is 0 Å². The van der Waals surface area contributed by atoms with Crippen LogP contribution in [0.1, 0.15) is 44.5 Å². The number of fused-ring (bicyclic) bond motifs is 2. The van der Waals surface area contributed by atoms with Crippen LogP contribution < -0.4 is 0 Å². The van der Waals surface area contributed by atoms with Gasteiger partial charge in [-0.05, 0) is 88.6 Å². The van der Waals surface area contributed by atoms with E-state index in [4.69, 9.17) is 26.4 Å². The highest BCUT2D eigenvalue weighted by atomic mass is 35.5. The Morgan fingerprint density at radius 3 is 2.41 bits per heavy atom. The maximum atomic E-state index is 12.5. The summed E-state index contributed by atoms with van der Waals surface area (Å²) < 4.78 is 8.39. The Labute approximate surface area is 238 Å². The van der Waals surface area contributed by atoms with Gasteiger partial charge >= 0.3 is 5.97 Å². The zero-order valence-electron chi connectivity index (χ0n) is 23.4. The summed E-state index contributed by atoms with van der Waals surface area (Å²) in [6, 6.07) is 14.1. The first-order valence-electron chi connectivity index (χ1n) is 12.8. The van der Waals surface area contributed by atoms with E-state index < -0.39 is 5.60 Å². The van der Waals surface area contributed by atoms with Crippen molar-refractivity contribution < 1.29 is 14.6 Å². The largest absolute Gasteiger partial charge is 0.466 e. The minimum atomic E-state index is -0.500. The van der Waals surface area contributed by atoms with E-state index >= 15 is 0 Å². The molecule has 0 aliphatic carbocycles. The molecule has 2 aromatic carbocycles. The summed E-state index contributed by atoms with van der Waals surface area (Å²) in [7, 11) is 2.02. The number of nitrogens with zero attached hydrogens (tertiary/aromatic N) is 3. The molecular weight excluding hydrogens is 530 g/mol. The average Bonchev–Trinajstić information content (AvgIpc) is 3.39. The van der Waals surface area contributed by atoms with Crippen molar-refractivity contribution in [3.8, 4) is 21.7 Å². The number of aliphatic hydroxyl groups is 1. The van der Waals surface area contributed by atoms with Crippen LogP contribution in [0.25, 0.3) is 42.9 Å². The zero-order valence-corrected chi connectivity index (χ0v) is 25.0. The third kappa shape index (κ3) is 6.67. The third-order valence-corrected chi connectivity index (χ3v) is 7.51. The van der Waals surface area contributed by atoms with Crippen molar-refractivity contribution >= 4 is 50.2 Å². The molecular formula is C31H34ClN3O3S. The van der Waals surface area contributed by atoms with Gasteiger partial charge in [-0.25, -0.2) is 9.97 Å². The number of esters is 1. The summed E-state index contributed by atoms with van der Waals surface area (Å²) in [4.78, 5) is 22.1. The maximum Gasteiger partial charge on any atom is 0.310 e. The van der Waals surface area contributed by atoms with Gasteiger partial charge in [-0.3, -0.25) is 4.79 Å². The molecule has 1 N–H and O–H groups in total. The minimum Gasteiger partial charge on any atom is -0.466 e. The van der Waals surface area contributed by atoms with Crippen LogP contribution in [-0.4, -0.2) is 37.8 Å². The second kappa shape index (κ2) is 11.5. The first kappa shape index (κ1) is 28.7. The number of hydrogen-bond acceptors (Lipinski definition) is 6. The maximum absolute atomic E-state index is 12.5. The van der Waals surface area contributed by atoms with E-state index in [0.717, 1.165) is 59.8 Å². The fraction of sp³-hybridized carbons (Fsp3) is 0.323. The lowest BCUT2D eigenvalue weighted by atomic mass is 9.93. The van der Waals surface area contributed by atoms with Gasteiger partial charge in [-0.15, -0.1) is 11.3 Å². The van der Waals surface area contributed by atoms with Crippen molar-refractivity contribution in [3.05, 3.63) is 70.5 Å². The molecule has 0 radical (unpaired) electrons. The zero-order chi connectivity index (χ0) is 28.5. The van der Waals surface area contributed by atoms with Crippen molar-refractivity contribution in [2.75, 3.05) is 6.61 Å². The highest BCUT2D eigenvalue weighted by molar-refractivity contribution is 7.22. The number of thiazole rings is 1. The highest BCUT2D eigenvalue weighted by Gasteiger charge is 2.20. The van der Waals surface area contributed by atoms with Crippen LogP contribution in [0.3, 0.4) is 0 Å². The molecule has 0 saturated heterocycles. The molecule has 6 nitrogen and oxygen atoms in total. The van der Waals surface area contributed by atoms with Crippen molar-refractivity contribution in [1.82, 2.24) is 14.5 Å². The van der Waals surface area contributed by atoms with Crippen LogP contribution in [0.2, 0.25) is 5.02 Å². The summed E-state index contributed by atoms with van der Waals surface area (Å²) in [5, 5.41) is 11.2. The number of rotatable bonds is 5. The molecule has 0 aliphatic rings. The fourth-order valence-corrected chi connectivity index (χ4v) is 5.58. The Morgan fingerprint density at radius 2 is 1.77 bits per heavy atom. The normalized spacial score (nSPS) is 11.5. The lowest BCUT2D eigenvalue weighted by molar-refractivity contribution is -0.142. The molecule has 0 fully saturated rings. The monoisotopic (exact) mass is 563 g/mol. The van der Waals surface area contributed by atoms with Crippen molar-refractivity contribution in [2.24, 2.45) is 7.05 Å². The number of halogens is 1. The predicted molar refractivity (Wildman–Crippen MR) is 162 cm³/mol. The molecule has 204 valence electrons. The molecule has 0 aliphatic heterocycles. The molecule has 5 aromatic rings. The molecule has 8 heteroatoms. The number of carbonyl (C=O) groups is 1. The second-order valence-electron chi connectivity index (χ2n) is 10.6. The van der Waals surface area contributed by atoms with E-state index in [-0.39, 0.29) is 12.4 Å². The van der Waals surface area contributed by atoms with E-state index in [1.165, 1.54) is 0 Å². The van der Waals surface area contributed by atoms with E-state index in [2.05, 4.69) is 34.7 Å². The number of pyridine rings is 1. The topological polar surface area (TPSA) is 77.2 Å². The van der Waals surface area contributed by atoms with E-state index in [0.29, 0.717) is 11.6 Å². The Morgan fingerprint density at radius 1 is 1.10 bits per heavy atom. The number of benzene rings is 2. The molecule has 3 aromatic heterocycles. The van der Waals surface area contributed by atoms with Gasteiger partial charge < -0.3 is 14.4 Å². The standard InChI is InChI=1S/C27H24ClN3O2S.C4H10O/c1-5-33-23(32)13-21-15(2)10-22-25(24(21)17-6-8-20(28)9-7-17)34-27(30-22)19-12-18-11-16(3)31(4)26(18)29-14-19;1-4(2,3)5/h6-12,14H,5,13H2,1-4H3;5H,1-3H3. The average molecular weight is 564 g/mol. The molecule has 0 spiro atoms. The summed E-state index contributed by atoms with van der Waals surface area (Å²) in [6.07, 6.45) is 2.09. The SMILES string of the molecule is CC(C)(C)O.CCOC(=O)Cc1c(C)cc2nc(-c3cnc4c(c3)cc(C)n4C)sc2c1-c1ccc(Cl)cc1. The van der Waals surface area contributed by atoms with Crippen LogP contribution in [0.5, 0.6) is 0 Å². The Kier molecular flexibility index (Phi) is 8.45. The number of aromatic nitrogens is 3. The lowest BCUT2D eigenvalue weighted by Gasteiger charge is -2.14. The number of hydrogen-bond donors (Lipinski definition) is 1. The second-order valence-corrected chi connectivity index (χ2v) is 12.0. The fourth-order valence-electron chi connectivity index (χ4n) is 4.33. The van der Waals surface area contributed by atoms with E-state index in [1.807, 2.05) is 51.4 Å². The third-order valence-electron chi connectivity index (χ3n) is 6.12. The van der Waals surface area contributed by atoms with Gasteiger partial charge in [0.05, 0.1) is 28.8 Å². The van der Waals surface area contributed by atoms with Crippen molar-refractivity contribution in [3.63, 3.8) is 0 Å². The number of aryl methyl sites for hydroxylation is 3. The lowest BCUT2D eigenvalue weighted by Crippen LogP contribution is -2.10. The smallest absolute Gasteiger partial charge is 0.310 e. The van der Waals surface area contributed by atoms with Crippen molar-refractivity contribution in [2.45, 2.75) is 53.6 Å². The van der Waals surface area contributed by atoms with Crippen LogP contribution in [-0.2, 0) is 23.0 Å². The Bertz CT molecular complexity index is 1640. The van der Waals surface area contributed by atoms with Gasteiger partial charge in [0, 0.05) is 40.5 Å². The molecule has 0 amide bonds. The molecule has 5 rings (SSSR count). The van der Waals surface area contributed by atoms with E-state index in [1.54, 1.807) is 32.1 Å². The molecule has 0 unspecified atom stereocenters. The van der Waals surface area contributed by atoms with Gasteiger partial charge in [0.15, 0.2) is 0 Å². The molecule has 39 heavy (non-hydrogen) atoms. The van der Waals surface area contributed by atoms with Gasteiger partial charge in [-0.1, -0.05) is 23.7 Å². The molecule has 0 bridgehead atoms. The molecule has 3 heterocycles. The number of carbonyl (C=O) groups excluding carboxylic acids is 1. The summed E-state index contributed by atoms with van der Waals surface area (Å²) >= 11 is 7.78. The van der Waals surface area contributed by atoms with E-state index in [9.17, 15) is 4.79 Å². The highest BCUT2D eigenvalue weighted by Crippen LogP contribution is 2.41. The molecule has 0 saturated carbocycles. The minimum absolute atomic E-state index is 0.206. The summed E-state index contributed by atoms with van der Waals surface area (Å²) in [5.41, 5.74) is 7.47. The predicted octanol–water partition coefficient (Wildman–Crippen LogP) is 7.67. The quantitative estimate of drug-likeness (QED) is 0.222. The first-order chi connectivity index (χ1) is 18.4.